The van der Waals surface area contributed by atoms with Crippen molar-refractivity contribution in [1.29, 1.82) is 5.41 Å². The summed E-state index contributed by atoms with van der Waals surface area (Å²) in [6.45, 7) is 13.7. The summed E-state index contributed by atoms with van der Waals surface area (Å²) in [5.41, 5.74) is 0.583. The number of nitrogens with one attached hydrogen (secondary N) is 1. The zero-order valence-electron chi connectivity index (χ0n) is 15.6. The van der Waals surface area contributed by atoms with E-state index in [0.717, 1.165) is 11.3 Å². The molecule has 0 aliphatic carbocycles. The van der Waals surface area contributed by atoms with Gasteiger partial charge in [-0.3, -0.25) is 5.41 Å². The number of rotatable bonds is 9. The van der Waals surface area contributed by atoms with Crippen LogP contribution >= 0.6 is 11.3 Å². The van der Waals surface area contributed by atoms with E-state index >= 15 is 0 Å². The van der Waals surface area contributed by atoms with Gasteiger partial charge in [-0.1, -0.05) is 59.1 Å². The second kappa shape index (κ2) is 8.95. The molecule has 0 saturated carbocycles. The van der Waals surface area contributed by atoms with E-state index in [1.807, 2.05) is 23.6 Å². The van der Waals surface area contributed by atoms with Crippen molar-refractivity contribution >= 4 is 25.4 Å². The Bertz CT molecular complexity index is 500. The lowest BCUT2D eigenvalue weighted by Crippen LogP contribution is -2.43. The molecule has 1 aromatic heterocycles. The molecule has 0 bridgehead atoms. The predicted octanol–water partition coefficient (Wildman–Crippen LogP) is 6.64. The third-order valence-corrected chi connectivity index (χ3v) is 10.0. The van der Waals surface area contributed by atoms with E-state index in [0.29, 0.717) is 5.71 Å². The van der Waals surface area contributed by atoms with E-state index in [2.05, 4.69) is 46.9 Å². The maximum atomic E-state index is 8.19. The quantitative estimate of drug-likeness (QED) is 0.302. The monoisotopic (exact) mass is 351 g/mol. The zero-order chi connectivity index (χ0) is 17.5. The maximum Gasteiger partial charge on any atom is 0.192 e. The van der Waals surface area contributed by atoms with Crippen molar-refractivity contribution in [1.82, 2.24) is 0 Å². The van der Waals surface area contributed by atoms with Crippen LogP contribution < -0.4 is 0 Å². The highest BCUT2D eigenvalue weighted by molar-refractivity contribution is 7.12. The van der Waals surface area contributed by atoms with E-state index in [1.54, 1.807) is 11.3 Å². The van der Waals surface area contributed by atoms with Crippen LogP contribution in [0.3, 0.4) is 0 Å². The molecular formula is C19H33NOSSi. The molecule has 0 spiro atoms. The van der Waals surface area contributed by atoms with E-state index in [4.69, 9.17) is 9.84 Å². The number of hydrogen-bond donors (Lipinski definition) is 1. The molecule has 0 aliphatic heterocycles. The second-order valence-electron chi connectivity index (χ2n) is 7.66. The minimum atomic E-state index is -1.79. The molecule has 130 valence electrons. The van der Waals surface area contributed by atoms with Crippen LogP contribution in [-0.4, -0.2) is 20.1 Å². The second-order valence-corrected chi connectivity index (χ2v) is 13.4. The minimum absolute atomic E-state index is 0.128. The van der Waals surface area contributed by atoms with E-state index in [9.17, 15) is 0 Å². The van der Waals surface area contributed by atoms with E-state index in [1.165, 1.54) is 19.3 Å². The van der Waals surface area contributed by atoms with Gasteiger partial charge in [0.15, 0.2) is 8.32 Å². The number of allylic oxidation sites excluding steroid dienone is 1. The Kier molecular flexibility index (Phi) is 7.91. The van der Waals surface area contributed by atoms with Gasteiger partial charge in [-0.15, -0.1) is 11.3 Å². The van der Waals surface area contributed by atoms with Gasteiger partial charge in [0.1, 0.15) is 0 Å². The molecule has 0 aromatic carbocycles. The number of thiophene rings is 1. The van der Waals surface area contributed by atoms with Crippen molar-refractivity contribution in [2.75, 3.05) is 0 Å². The summed E-state index contributed by atoms with van der Waals surface area (Å²) in [6.07, 6.45) is 8.87. The van der Waals surface area contributed by atoms with Gasteiger partial charge in [0.05, 0.1) is 16.7 Å². The van der Waals surface area contributed by atoms with E-state index < -0.39 is 8.32 Å². The van der Waals surface area contributed by atoms with Gasteiger partial charge in [0.2, 0.25) is 0 Å². The highest BCUT2D eigenvalue weighted by Gasteiger charge is 2.38. The molecule has 1 heterocycles. The van der Waals surface area contributed by atoms with Crippen LogP contribution in [0.4, 0.5) is 0 Å². The first-order valence-corrected chi connectivity index (χ1v) is 12.4. The van der Waals surface area contributed by atoms with Gasteiger partial charge in [0.25, 0.3) is 0 Å². The van der Waals surface area contributed by atoms with E-state index in [-0.39, 0.29) is 11.1 Å². The third-order valence-electron chi connectivity index (χ3n) is 4.61. The fourth-order valence-electron chi connectivity index (χ4n) is 2.06. The van der Waals surface area contributed by atoms with Crippen LogP contribution in [0.5, 0.6) is 0 Å². The summed E-state index contributed by atoms with van der Waals surface area (Å²) >= 11 is 1.61. The molecule has 2 nitrogen and oxygen atoms in total. The molecule has 1 atom stereocenters. The topological polar surface area (TPSA) is 33.1 Å². The van der Waals surface area contributed by atoms with Crippen LogP contribution in [0.15, 0.2) is 29.7 Å². The van der Waals surface area contributed by atoms with Crippen molar-refractivity contribution in [3.05, 3.63) is 34.5 Å². The van der Waals surface area contributed by atoms with Crippen LogP contribution in [0.2, 0.25) is 18.1 Å². The first-order valence-electron chi connectivity index (χ1n) is 8.66. The lowest BCUT2D eigenvalue weighted by Gasteiger charge is -2.38. The van der Waals surface area contributed by atoms with Crippen molar-refractivity contribution in [3.8, 4) is 0 Å². The first kappa shape index (κ1) is 20.3. The Morgan fingerprint density at radius 2 is 2.04 bits per heavy atom. The van der Waals surface area contributed by atoms with Crippen LogP contribution in [0.1, 0.15) is 58.3 Å². The molecular weight excluding hydrogens is 318 g/mol. The molecule has 4 heteroatoms. The van der Waals surface area contributed by atoms with Crippen LogP contribution in [-0.2, 0) is 4.43 Å². The maximum absolute atomic E-state index is 8.19. The first-order chi connectivity index (χ1) is 10.7. The summed E-state index contributed by atoms with van der Waals surface area (Å²) < 4.78 is 6.58. The summed E-state index contributed by atoms with van der Waals surface area (Å²) in [5.74, 6) is 0. The summed E-state index contributed by atoms with van der Waals surface area (Å²) in [4.78, 5) is 1.01. The molecule has 0 saturated heterocycles. The fourth-order valence-corrected chi connectivity index (χ4v) is 4.03. The third kappa shape index (κ3) is 6.74. The Morgan fingerprint density at radius 1 is 1.35 bits per heavy atom. The number of hydrogen-bond acceptors (Lipinski definition) is 3. The normalized spacial score (nSPS) is 14.3. The average Bonchev–Trinajstić information content (AvgIpc) is 2.97. The molecule has 0 aliphatic rings. The number of unbranched alkanes of at least 4 members (excludes halogenated alkanes) is 2. The Hall–Kier alpha value is -0.713. The molecule has 0 fully saturated rings. The molecule has 1 aromatic rings. The SMILES string of the molecule is CCCCC[C@H](/C=C/C(=N)c1cccs1)O[Si](C)(C)C(C)(C)C. The molecule has 0 radical (unpaired) electrons. The molecule has 0 unspecified atom stereocenters. The van der Waals surface area contributed by atoms with Crippen molar-refractivity contribution in [2.45, 2.75) is 77.6 Å². The molecule has 0 amide bonds. The van der Waals surface area contributed by atoms with Crippen molar-refractivity contribution in [3.63, 3.8) is 0 Å². The van der Waals surface area contributed by atoms with Gasteiger partial charge >= 0.3 is 0 Å². The van der Waals surface area contributed by atoms with Gasteiger partial charge in [-0.2, -0.15) is 0 Å². The van der Waals surface area contributed by atoms with Crippen LogP contribution in [0.25, 0.3) is 0 Å². The summed E-state index contributed by atoms with van der Waals surface area (Å²) in [6, 6.07) is 3.99. The predicted molar refractivity (Wildman–Crippen MR) is 106 cm³/mol. The fraction of sp³-hybridized carbons (Fsp3) is 0.632. The summed E-state index contributed by atoms with van der Waals surface area (Å²) in [5, 5.41) is 10.4. The van der Waals surface area contributed by atoms with Gasteiger partial charge in [0, 0.05) is 0 Å². The van der Waals surface area contributed by atoms with Crippen molar-refractivity contribution < 1.29 is 4.43 Å². The minimum Gasteiger partial charge on any atom is -0.411 e. The average molecular weight is 352 g/mol. The van der Waals surface area contributed by atoms with Gasteiger partial charge < -0.3 is 4.43 Å². The van der Waals surface area contributed by atoms with Crippen molar-refractivity contribution in [2.24, 2.45) is 0 Å². The van der Waals surface area contributed by atoms with Gasteiger partial charge in [-0.05, 0) is 42.1 Å². The standard InChI is InChI=1S/C19H33NOSSi/c1-7-8-9-11-16(21-23(5,6)19(2,3)4)13-14-17(20)18-12-10-15-22-18/h10,12-16,20H,7-9,11H2,1-6H3/b14-13+,20-17?/t16-/m1/s1. The molecule has 1 N–H and O–H groups in total. The Labute approximate surface area is 147 Å². The van der Waals surface area contributed by atoms with Crippen LogP contribution in [0, 0.1) is 5.41 Å². The van der Waals surface area contributed by atoms with Gasteiger partial charge in [-0.25, -0.2) is 0 Å². The summed E-state index contributed by atoms with van der Waals surface area (Å²) in [7, 11) is -1.79. The highest BCUT2D eigenvalue weighted by Crippen LogP contribution is 2.38. The lowest BCUT2D eigenvalue weighted by atomic mass is 10.1. The molecule has 1 rings (SSSR count). The molecule has 23 heavy (non-hydrogen) atoms. The Balaban J connectivity index is 2.77. The lowest BCUT2D eigenvalue weighted by molar-refractivity contribution is 0.211. The smallest absolute Gasteiger partial charge is 0.192 e. The zero-order valence-corrected chi connectivity index (χ0v) is 17.4. The largest absolute Gasteiger partial charge is 0.411 e. The highest BCUT2D eigenvalue weighted by atomic mass is 32.1. The Morgan fingerprint density at radius 3 is 2.57 bits per heavy atom.